The summed E-state index contributed by atoms with van der Waals surface area (Å²) in [5.74, 6) is 2.28. The molecule has 0 bridgehead atoms. The summed E-state index contributed by atoms with van der Waals surface area (Å²) >= 11 is 1.92. The molecular formula is C14H21ClN2OS. The van der Waals surface area contributed by atoms with Crippen LogP contribution in [0.25, 0.3) is 0 Å². The fraction of sp³-hybridized carbons (Fsp3) is 0.500. The van der Waals surface area contributed by atoms with Crippen LogP contribution in [-0.2, 0) is 4.79 Å². The highest BCUT2D eigenvalue weighted by atomic mass is 35.5. The first-order chi connectivity index (χ1) is 8.83. The molecule has 0 aromatic heterocycles. The highest BCUT2D eigenvalue weighted by Crippen LogP contribution is 2.29. The molecular weight excluding hydrogens is 280 g/mol. The van der Waals surface area contributed by atoms with Gasteiger partial charge in [-0.15, -0.1) is 12.4 Å². The van der Waals surface area contributed by atoms with Crippen LogP contribution in [0.2, 0.25) is 0 Å². The van der Waals surface area contributed by atoms with E-state index in [0.29, 0.717) is 13.0 Å². The Morgan fingerprint density at radius 1 is 1.37 bits per heavy atom. The molecule has 0 aliphatic carbocycles. The molecule has 1 aliphatic heterocycles. The molecule has 0 spiro atoms. The number of carbonyl (C=O) groups excluding carboxylic acids is 1. The Morgan fingerprint density at radius 2 is 2.11 bits per heavy atom. The van der Waals surface area contributed by atoms with Gasteiger partial charge in [0.15, 0.2) is 0 Å². The number of benzene rings is 1. The normalized spacial score (nSPS) is 18.8. The lowest BCUT2D eigenvalue weighted by atomic mass is 10.1. The van der Waals surface area contributed by atoms with Crippen molar-refractivity contribution in [2.45, 2.75) is 18.9 Å². The maximum atomic E-state index is 12.2. The quantitative estimate of drug-likeness (QED) is 0.929. The molecule has 2 rings (SSSR count). The fourth-order valence-electron chi connectivity index (χ4n) is 2.25. The number of nitrogens with zero attached hydrogens (tertiary/aromatic N) is 1. The highest BCUT2D eigenvalue weighted by molar-refractivity contribution is 7.99. The number of carbonyl (C=O) groups is 1. The molecule has 1 unspecified atom stereocenters. The van der Waals surface area contributed by atoms with Gasteiger partial charge in [0, 0.05) is 24.5 Å². The average Bonchev–Trinajstić information content (AvgIpc) is 2.45. The van der Waals surface area contributed by atoms with Crippen LogP contribution >= 0.6 is 24.2 Å². The minimum Gasteiger partial charge on any atom is -0.334 e. The second kappa shape index (κ2) is 8.46. The molecule has 5 heteroatoms. The van der Waals surface area contributed by atoms with E-state index in [9.17, 15) is 4.79 Å². The van der Waals surface area contributed by atoms with Crippen molar-refractivity contribution in [3.05, 3.63) is 35.9 Å². The molecule has 19 heavy (non-hydrogen) atoms. The van der Waals surface area contributed by atoms with Crippen molar-refractivity contribution in [3.8, 4) is 0 Å². The number of halogens is 1. The lowest BCUT2D eigenvalue weighted by molar-refractivity contribution is -0.133. The molecule has 0 radical (unpaired) electrons. The van der Waals surface area contributed by atoms with Gasteiger partial charge in [0.1, 0.15) is 0 Å². The first-order valence-electron chi connectivity index (χ1n) is 6.45. The monoisotopic (exact) mass is 300 g/mol. The van der Waals surface area contributed by atoms with Crippen LogP contribution in [0.3, 0.4) is 0 Å². The molecule has 2 N–H and O–H groups in total. The molecule has 1 aliphatic rings. The molecule has 1 heterocycles. The minimum atomic E-state index is 0. The largest absolute Gasteiger partial charge is 0.334 e. The summed E-state index contributed by atoms with van der Waals surface area (Å²) in [6.07, 6.45) is 1.36. The molecule has 1 aromatic carbocycles. The number of nitrogens with two attached hydrogens (primary N) is 1. The van der Waals surface area contributed by atoms with Crippen molar-refractivity contribution in [2.24, 2.45) is 5.73 Å². The van der Waals surface area contributed by atoms with Crippen LogP contribution in [0.5, 0.6) is 0 Å². The van der Waals surface area contributed by atoms with Crippen LogP contribution in [0, 0.1) is 0 Å². The van der Waals surface area contributed by atoms with Crippen molar-refractivity contribution in [1.29, 1.82) is 0 Å². The Bertz CT molecular complexity index is 388. The second-order valence-electron chi connectivity index (χ2n) is 4.48. The second-order valence-corrected chi connectivity index (χ2v) is 5.63. The van der Waals surface area contributed by atoms with Gasteiger partial charge in [-0.25, -0.2) is 0 Å². The third-order valence-electron chi connectivity index (χ3n) is 3.23. The summed E-state index contributed by atoms with van der Waals surface area (Å²) in [5.41, 5.74) is 6.72. The summed E-state index contributed by atoms with van der Waals surface area (Å²) in [4.78, 5) is 14.2. The number of amides is 1. The molecule has 3 nitrogen and oxygen atoms in total. The SMILES string of the molecule is Cl.NCCCC(=O)N1CCSCC1c1ccccc1. The Kier molecular flexibility index (Phi) is 7.28. The third kappa shape index (κ3) is 4.41. The van der Waals surface area contributed by atoms with E-state index in [0.717, 1.165) is 24.5 Å². The van der Waals surface area contributed by atoms with Crippen LogP contribution in [-0.4, -0.2) is 35.4 Å². The summed E-state index contributed by atoms with van der Waals surface area (Å²) < 4.78 is 0. The Hall–Kier alpha value is -0.710. The van der Waals surface area contributed by atoms with Gasteiger partial charge in [-0.05, 0) is 18.5 Å². The maximum absolute atomic E-state index is 12.2. The lowest BCUT2D eigenvalue weighted by Crippen LogP contribution is -2.40. The smallest absolute Gasteiger partial charge is 0.223 e. The summed E-state index contributed by atoms with van der Waals surface area (Å²) in [5, 5.41) is 0. The highest BCUT2D eigenvalue weighted by Gasteiger charge is 2.27. The first-order valence-corrected chi connectivity index (χ1v) is 7.60. The lowest BCUT2D eigenvalue weighted by Gasteiger charge is -2.36. The van der Waals surface area contributed by atoms with Gasteiger partial charge >= 0.3 is 0 Å². The van der Waals surface area contributed by atoms with Crippen molar-refractivity contribution in [3.63, 3.8) is 0 Å². The zero-order valence-electron chi connectivity index (χ0n) is 11.0. The van der Waals surface area contributed by atoms with Gasteiger partial charge in [0.05, 0.1) is 6.04 Å². The maximum Gasteiger partial charge on any atom is 0.223 e. The van der Waals surface area contributed by atoms with Gasteiger partial charge in [0.25, 0.3) is 0 Å². The fourth-order valence-corrected chi connectivity index (χ4v) is 3.34. The van der Waals surface area contributed by atoms with E-state index in [1.165, 1.54) is 5.56 Å². The van der Waals surface area contributed by atoms with Gasteiger partial charge in [0.2, 0.25) is 5.91 Å². The van der Waals surface area contributed by atoms with Crippen molar-refractivity contribution in [1.82, 2.24) is 4.90 Å². The summed E-state index contributed by atoms with van der Waals surface area (Å²) in [7, 11) is 0. The number of thioether (sulfide) groups is 1. The Morgan fingerprint density at radius 3 is 2.79 bits per heavy atom. The van der Waals surface area contributed by atoms with E-state index in [1.54, 1.807) is 0 Å². The van der Waals surface area contributed by atoms with Crippen molar-refractivity contribution >= 4 is 30.1 Å². The first kappa shape index (κ1) is 16.3. The van der Waals surface area contributed by atoms with Gasteiger partial charge in [-0.2, -0.15) is 11.8 Å². The zero-order valence-corrected chi connectivity index (χ0v) is 12.6. The van der Waals surface area contributed by atoms with E-state index in [-0.39, 0.29) is 24.4 Å². The van der Waals surface area contributed by atoms with E-state index < -0.39 is 0 Å². The number of hydrogen-bond donors (Lipinski definition) is 1. The van der Waals surface area contributed by atoms with E-state index in [4.69, 9.17) is 5.73 Å². The molecule has 1 saturated heterocycles. The molecule has 0 saturated carbocycles. The van der Waals surface area contributed by atoms with Crippen LogP contribution in [0.15, 0.2) is 30.3 Å². The predicted molar refractivity (Wildman–Crippen MR) is 83.8 cm³/mol. The molecule has 1 atom stereocenters. The summed E-state index contributed by atoms with van der Waals surface area (Å²) in [6, 6.07) is 10.5. The Balaban J connectivity index is 0.00000180. The summed E-state index contributed by atoms with van der Waals surface area (Å²) in [6.45, 7) is 1.44. The van der Waals surface area contributed by atoms with Crippen molar-refractivity contribution in [2.75, 3.05) is 24.6 Å². The zero-order chi connectivity index (χ0) is 12.8. The minimum absolute atomic E-state index is 0. The van der Waals surface area contributed by atoms with E-state index in [2.05, 4.69) is 12.1 Å². The molecule has 1 fully saturated rings. The average molecular weight is 301 g/mol. The van der Waals surface area contributed by atoms with Gasteiger partial charge < -0.3 is 10.6 Å². The van der Waals surface area contributed by atoms with Crippen LogP contribution in [0.1, 0.15) is 24.4 Å². The van der Waals surface area contributed by atoms with Crippen LogP contribution < -0.4 is 5.73 Å². The van der Waals surface area contributed by atoms with Gasteiger partial charge in [-0.1, -0.05) is 30.3 Å². The van der Waals surface area contributed by atoms with Crippen molar-refractivity contribution < 1.29 is 4.79 Å². The van der Waals surface area contributed by atoms with E-state index in [1.807, 2.05) is 34.9 Å². The van der Waals surface area contributed by atoms with Crippen LogP contribution in [0.4, 0.5) is 0 Å². The molecule has 1 aromatic rings. The topological polar surface area (TPSA) is 46.3 Å². The molecule has 106 valence electrons. The third-order valence-corrected chi connectivity index (χ3v) is 4.25. The molecule has 1 amide bonds. The van der Waals surface area contributed by atoms with E-state index >= 15 is 0 Å². The number of rotatable bonds is 4. The van der Waals surface area contributed by atoms with Gasteiger partial charge in [-0.3, -0.25) is 4.79 Å². The Labute approximate surface area is 125 Å². The number of hydrogen-bond acceptors (Lipinski definition) is 3. The predicted octanol–water partition coefficient (Wildman–Crippen LogP) is 2.46. The standard InChI is InChI=1S/C14H20N2OS.ClH/c15-8-4-7-14(17)16-9-10-18-11-13(16)12-5-2-1-3-6-12;/h1-3,5-6,13H,4,7-11,15H2;1H.